The number of nitrogen functional groups attached to an aromatic ring is 1. The monoisotopic (exact) mass is 284 g/mol. The Kier molecular flexibility index (Phi) is 4.12. The van der Waals surface area contributed by atoms with E-state index in [1.54, 1.807) is 0 Å². The van der Waals surface area contributed by atoms with Crippen LogP contribution in [0.3, 0.4) is 0 Å². The molecule has 5 heteroatoms. The predicted molar refractivity (Wildman–Crippen MR) is 85.1 cm³/mol. The topological polar surface area (TPSA) is 94.0 Å². The van der Waals surface area contributed by atoms with Gasteiger partial charge in [0.1, 0.15) is 5.82 Å². The van der Waals surface area contributed by atoms with Crippen LogP contribution in [0.2, 0.25) is 0 Å². The van der Waals surface area contributed by atoms with Crippen LogP contribution >= 0.6 is 0 Å². The van der Waals surface area contributed by atoms with E-state index in [0.717, 1.165) is 16.8 Å². The third-order valence-corrected chi connectivity index (χ3v) is 3.41. The van der Waals surface area contributed by atoms with E-state index in [1.165, 1.54) is 0 Å². The van der Waals surface area contributed by atoms with Gasteiger partial charge in [-0.25, -0.2) is 4.98 Å². The highest BCUT2D eigenvalue weighted by atomic mass is 16.1. The zero-order chi connectivity index (χ0) is 15.6. The Hall–Kier alpha value is -2.56. The molecule has 1 aromatic carbocycles. The molecule has 0 aliphatic heterocycles. The van der Waals surface area contributed by atoms with E-state index in [-0.39, 0.29) is 6.04 Å². The summed E-state index contributed by atoms with van der Waals surface area (Å²) in [5, 5.41) is 3.24. The molecule has 1 heterocycles. The third kappa shape index (κ3) is 3.13. The van der Waals surface area contributed by atoms with Crippen molar-refractivity contribution in [1.29, 1.82) is 0 Å². The fraction of sp³-hybridized carbons (Fsp3) is 0.250. The van der Waals surface area contributed by atoms with Gasteiger partial charge >= 0.3 is 0 Å². The molecule has 2 aromatic rings. The normalized spacial score (nSPS) is 12.0. The summed E-state index contributed by atoms with van der Waals surface area (Å²) in [6.45, 7) is 5.70. The number of nitrogens with two attached hydrogens (primary N) is 2. The molecule has 0 saturated heterocycles. The number of hydrogen-bond donors (Lipinski definition) is 3. The highest BCUT2D eigenvalue weighted by molar-refractivity contribution is 5.99. The van der Waals surface area contributed by atoms with Crippen molar-refractivity contribution < 1.29 is 4.79 Å². The van der Waals surface area contributed by atoms with Gasteiger partial charge in [-0.2, -0.15) is 0 Å². The molecule has 0 aliphatic carbocycles. The van der Waals surface area contributed by atoms with E-state index in [1.807, 2.05) is 51.1 Å². The van der Waals surface area contributed by atoms with Gasteiger partial charge in [0.05, 0.1) is 11.6 Å². The van der Waals surface area contributed by atoms with Crippen LogP contribution in [0.5, 0.6) is 0 Å². The summed E-state index contributed by atoms with van der Waals surface area (Å²) < 4.78 is 0. The van der Waals surface area contributed by atoms with E-state index in [2.05, 4.69) is 10.3 Å². The highest BCUT2D eigenvalue weighted by Gasteiger charge is 2.17. The number of rotatable bonds is 4. The average molecular weight is 284 g/mol. The second-order valence-corrected chi connectivity index (χ2v) is 5.16. The molecule has 0 radical (unpaired) electrons. The van der Waals surface area contributed by atoms with Gasteiger partial charge in [-0.15, -0.1) is 0 Å². The Labute approximate surface area is 124 Å². The maximum Gasteiger partial charge on any atom is 0.252 e. The van der Waals surface area contributed by atoms with Crippen LogP contribution in [0, 0.1) is 13.8 Å². The van der Waals surface area contributed by atoms with Crippen molar-refractivity contribution >= 4 is 17.4 Å². The van der Waals surface area contributed by atoms with E-state index in [9.17, 15) is 4.79 Å². The standard InChI is InChI=1S/C16H20N4O/c1-9-8-10(2)19-16(14(9)15(18)21)20-11(3)12-6-4-5-7-13(12)17/h4-8,11H,17H2,1-3H3,(H2,18,21)(H,19,20). The molecule has 5 nitrogen and oxygen atoms in total. The smallest absolute Gasteiger partial charge is 0.252 e. The number of nitrogens with zero attached hydrogens (tertiary/aromatic N) is 1. The first-order valence-corrected chi connectivity index (χ1v) is 6.79. The molecule has 0 saturated carbocycles. The third-order valence-electron chi connectivity index (χ3n) is 3.41. The van der Waals surface area contributed by atoms with Crippen LogP contribution in [0.25, 0.3) is 0 Å². The van der Waals surface area contributed by atoms with Crippen molar-refractivity contribution in [1.82, 2.24) is 4.98 Å². The lowest BCUT2D eigenvalue weighted by atomic mass is 10.0. The maximum atomic E-state index is 11.7. The molecular formula is C16H20N4O. The van der Waals surface area contributed by atoms with E-state index in [4.69, 9.17) is 11.5 Å². The number of aromatic nitrogens is 1. The molecule has 1 atom stereocenters. The lowest BCUT2D eigenvalue weighted by Gasteiger charge is -2.19. The summed E-state index contributed by atoms with van der Waals surface area (Å²) in [4.78, 5) is 16.1. The minimum Gasteiger partial charge on any atom is -0.398 e. The van der Waals surface area contributed by atoms with Crippen LogP contribution in [0.1, 0.15) is 40.1 Å². The molecule has 0 fully saturated rings. The lowest BCUT2D eigenvalue weighted by molar-refractivity contribution is 0.1000. The average Bonchev–Trinajstić information content (AvgIpc) is 2.37. The summed E-state index contributed by atoms with van der Waals surface area (Å²) in [5.41, 5.74) is 15.2. The Morgan fingerprint density at radius 1 is 1.29 bits per heavy atom. The number of nitrogens with one attached hydrogen (secondary N) is 1. The zero-order valence-electron chi connectivity index (χ0n) is 12.5. The van der Waals surface area contributed by atoms with E-state index < -0.39 is 5.91 Å². The molecule has 110 valence electrons. The molecule has 1 amide bonds. The number of pyridine rings is 1. The van der Waals surface area contributed by atoms with Crippen LogP contribution in [0.15, 0.2) is 30.3 Å². The minimum atomic E-state index is -0.490. The molecule has 5 N–H and O–H groups in total. The summed E-state index contributed by atoms with van der Waals surface area (Å²) in [5.74, 6) is 0.00601. The molecule has 2 rings (SSSR count). The molecule has 1 unspecified atom stereocenters. The van der Waals surface area contributed by atoms with Gasteiger partial charge in [-0.1, -0.05) is 18.2 Å². The number of carbonyl (C=O) groups is 1. The lowest BCUT2D eigenvalue weighted by Crippen LogP contribution is -2.19. The van der Waals surface area contributed by atoms with Crippen molar-refractivity contribution in [2.75, 3.05) is 11.1 Å². The molecule has 0 spiro atoms. The summed E-state index contributed by atoms with van der Waals surface area (Å²) in [6, 6.07) is 9.35. The van der Waals surface area contributed by atoms with Crippen LogP contribution in [-0.2, 0) is 0 Å². The van der Waals surface area contributed by atoms with Gasteiger partial charge in [0.2, 0.25) is 0 Å². The Morgan fingerprint density at radius 2 is 1.95 bits per heavy atom. The fourth-order valence-corrected chi connectivity index (χ4v) is 2.44. The highest BCUT2D eigenvalue weighted by Crippen LogP contribution is 2.26. The van der Waals surface area contributed by atoms with Crippen molar-refractivity contribution in [2.24, 2.45) is 5.73 Å². The number of aryl methyl sites for hydroxylation is 2. The summed E-state index contributed by atoms with van der Waals surface area (Å²) in [6.07, 6.45) is 0. The first-order chi connectivity index (χ1) is 9.90. The number of benzene rings is 1. The zero-order valence-corrected chi connectivity index (χ0v) is 12.5. The van der Waals surface area contributed by atoms with E-state index >= 15 is 0 Å². The second kappa shape index (κ2) is 5.83. The Morgan fingerprint density at radius 3 is 2.57 bits per heavy atom. The van der Waals surface area contributed by atoms with Gasteiger partial charge in [0.15, 0.2) is 0 Å². The van der Waals surface area contributed by atoms with Gasteiger partial charge < -0.3 is 16.8 Å². The molecule has 21 heavy (non-hydrogen) atoms. The number of amides is 1. The van der Waals surface area contributed by atoms with Crippen molar-refractivity contribution in [3.63, 3.8) is 0 Å². The maximum absolute atomic E-state index is 11.7. The first-order valence-electron chi connectivity index (χ1n) is 6.79. The Balaban J connectivity index is 2.40. The summed E-state index contributed by atoms with van der Waals surface area (Å²) in [7, 11) is 0. The molecule has 1 aromatic heterocycles. The minimum absolute atomic E-state index is 0.0852. The summed E-state index contributed by atoms with van der Waals surface area (Å²) >= 11 is 0. The van der Waals surface area contributed by atoms with Crippen LogP contribution < -0.4 is 16.8 Å². The van der Waals surface area contributed by atoms with Crippen molar-refractivity contribution in [2.45, 2.75) is 26.8 Å². The van der Waals surface area contributed by atoms with Crippen LogP contribution in [0.4, 0.5) is 11.5 Å². The Bertz CT molecular complexity index is 682. The van der Waals surface area contributed by atoms with Crippen LogP contribution in [-0.4, -0.2) is 10.9 Å². The van der Waals surface area contributed by atoms with Gasteiger partial charge in [-0.05, 0) is 44.0 Å². The van der Waals surface area contributed by atoms with Crippen molar-refractivity contribution in [3.05, 3.63) is 52.7 Å². The number of anilines is 2. The number of carbonyl (C=O) groups excluding carboxylic acids is 1. The molecule has 0 bridgehead atoms. The first kappa shape index (κ1) is 14.8. The number of para-hydroxylation sites is 1. The van der Waals surface area contributed by atoms with Gasteiger partial charge in [0, 0.05) is 11.4 Å². The fourth-order valence-electron chi connectivity index (χ4n) is 2.44. The number of hydrogen-bond acceptors (Lipinski definition) is 4. The van der Waals surface area contributed by atoms with Crippen molar-refractivity contribution in [3.8, 4) is 0 Å². The quantitative estimate of drug-likeness (QED) is 0.752. The SMILES string of the molecule is Cc1cc(C)c(C(N)=O)c(NC(C)c2ccccc2N)n1. The van der Waals surface area contributed by atoms with Gasteiger partial charge in [0.25, 0.3) is 5.91 Å². The van der Waals surface area contributed by atoms with E-state index in [0.29, 0.717) is 17.1 Å². The predicted octanol–water partition coefficient (Wildman–Crippen LogP) is 2.55. The largest absolute Gasteiger partial charge is 0.398 e. The number of primary amides is 1. The second-order valence-electron chi connectivity index (χ2n) is 5.16. The molecule has 0 aliphatic rings. The van der Waals surface area contributed by atoms with Gasteiger partial charge in [-0.3, -0.25) is 4.79 Å². The molecular weight excluding hydrogens is 264 g/mol.